The average molecular weight is 557 g/mol. The minimum atomic E-state index is -4.55. The van der Waals surface area contributed by atoms with Crippen LogP contribution in [0, 0.1) is 0 Å². The number of phenols is 1. The fraction of sp³-hybridized carbons (Fsp3) is 0. The predicted molar refractivity (Wildman–Crippen MR) is 133 cm³/mol. The standard InChI is InChI=1S/C23H16N4O9S2/c28-22-17-2-1-3-21(38(34,35)36)16(17)9-11-20(22)27-26-19-10-6-14(12-18(19)23(29)30)25-24-13-4-7-15(8-5-13)37(31,32)33/h1-12,28H,(H,29,30)(H,31,32,33)(H,34,35,36)/b25-24+,27-26+. The van der Waals surface area contributed by atoms with Crippen LogP contribution in [0.1, 0.15) is 10.4 Å². The van der Waals surface area contributed by atoms with Crippen molar-refractivity contribution in [2.24, 2.45) is 20.5 Å². The summed E-state index contributed by atoms with van der Waals surface area (Å²) in [6, 6.07) is 15.2. The van der Waals surface area contributed by atoms with Gasteiger partial charge in [-0.2, -0.15) is 27.1 Å². The maximum atomic E-state index is 11.8. The molecule has 0 bridgehead atoms. The Hall–Kier alpha value is -4.57. The number of azo groups is 2. The van der Waals surface area contributed by atoms with Crippen molar-refractivity contribution >= 4 is 59.7 Å². The number of carboxylic acid groups (broad SMARTS) is 1. The normalized spacial score (nSPS) is 12.5. The largest absolute Gasteiger partial charge is 0.505 e. The van der Waals surface area contributed by atoms with Crippen LogP contribution in [-0.4, -0.2) is 42.1 Å². The van der Waals surface area contributed by atoms with E-state index in [1.807, 2.05) is 0 Å². The summed E-state index contributed by atoms with van der Waals surface area (Å²) in [6.45, 7) is 0. The van der Waals surface area contributed by atoms with Crippen molar-refractivity contribution in [3.05, 3.63) is 78.4 Å². The van der Waals surface area contributed by atoms with Crippen LogP contribution in [0.3, 0.4) is 0 Å². The molecule has 0 amide bonds. The van der Waals surface area contributed by atoms with Gasteiger partial charge in [-0.3, -0.25) is 9.11 Å². The van der Waals surface area contributed by atoms with Gasteiger partial charge in [0.15, 0.2) is 5.75 Å². The van der Waals surface area contributed by atoms with Gasteiger partial charge in [0, 0.05) is 10.8 Å². The zero-order valence-corrected chi connectivity index (χ0v) is 20.5. The highest BCUT2D eigenvalue weighted by Gasteiger charge is 2.17. The maximum absolute atomic E-state index is 11.8. The molecule has 13 nitrogen and oxygen atoms in total. The molecule has 4 aromatic carbocycles. The highest BCUT2D eigenvalue weighted by atomic mass is 32.2. The van der Waals surface area contributed by atoms with E-state index >= 15 is 0 Å². The Morgan fingerprint density at radius 2 is 1.26 bits per heavy atom. The summed E-state index contributed by atoms with van der Waals surface area (Å²) in [4.78, 5) is 11.1. The molecule has 0 aliphatic carbocycles. The lowest BCUT2D eigenvalue weighted by molar-refractivity contribution is 0.0697. The quantitative estimate of drug-likeness (QED) is 0.165. The molecule has 0 atom stereocenters. The molecular formula is C23H16N4O9S2. The third-order valence-corrected chi connectivity index (χ3v) is 6.92. The van der Waals surface area contributed by atoms with Crippen LogP contribution in [0.15, 0.2) is 103 Å². The molecule has 0 radical (unpaired) electrons. The fourth-order valence-electron chi connectivity index (χ4n) is 3.36. The summed E-state index contributed by atoms with van der Waals surface area (Å²) in [6.07, 6.45) is 0. The summed E-state index contributed by atoms with van der Waals surface area (Å²) < 4.78 is 63.8. The second-order valence-electron chi connectivity index (χ2n) is 7.64. The van der Waals surface area contributed by atoms with E-state index in [0.29, 0.717) is 0 Å². The Morgan fingerprint density at radius 1 is 0.658 bits per heavy atom. The van der Waals surface area contributed by atoms with Crippen molar-refractivity contribution in [2.75, 3.05) is 0 Å². The van der Waals surface area contributed by atoms with Gasteiger partial charge in [-0.25, -0.2) is 4.79 Å². The van der Waals surface area contributed by atoms with Gasteiger partial charge in [0.25, 0.3) is 20.2 Å². The first-order valence-corrected chi connectivity index (χ1v) is 13.2. The lowest BCUT2D eigenvalue weighted by Crippen LogP contribution is -1.98. The van der Waals surface area contributed by atoms with E-state index in [1.54, 1.807) is 0 Å². The number of carboxylic acids is 1. The molecule has 4 aromatic rings. The van der Waals surface area contributed by atoms with Crippen molar-refractivity contribution in [2.45, 2.75) is 9.79 Å². The molecule has 0 aliphatic rings. The smallest absolute Gasteiger partial charge is 0.338 e. The molecule has 0 unspecified atom stereocenters. The first-order valence-electron chi connectivity index (χ1n) is 10.3. The topological polar surface area (TPSA) is 216 Å². The molecule has 0 fully saturated rings. The number of aromatic hydroxyl groups is 1. The van der Waals surface area contributed by atoms with Crippen molar-refractivity contribution in [3.8, 4) is 5.75 Å². The highest BCUT2D eigenvalue weighted by Crippen LogP contribution is 2.38. The van der Waals surface area contributed by atoms with Crippen molar-refractivity contribution in [3.63, 3.8) is 0 Å². The van der Waals surface area contributed by atoms with E-state index in [9.17, 15) is 36.4 Å². The maximum Gasteiger partial charge on any atom is 0.338 e. The lowest BCUT2D eigenvalue weighted by atomic mass is 10.1. The second-order valence-corrected chi connectivity index (χ2v) is 10.4. The monoisotopic (exact) mass is 556 g/mol. The van der Waals surface area contributed by atoms with Gasteiger partial charge in [0.05, 0.1) is 21.8 Å². The van der Waals surface area contributed by atoms with E-state index < -0.39 is 36.9 Å². The number of hydrogen-bond acceptors (Lipinski definition) is 10. The zero-order valence-electron chi connectivity index (χ0n) is 18.9. The number of phenolic OH excluding ortho intramolecular Hbond substituents is 1. The van der Waals surface area contributed by atoms with Gasteiger partial charge >= 0.3 is 5.97 Å². The summed E-state index contributed by atoms with van der Waals surface area (Å²) in [5.74, 6) is -1.78. The summed E-state index contributed by atoms with van der Waals surface area (Å²) in [7, 11) is -8.91. The molecule has 15 heteroatoms. The van der Waals surface area contributed by atoms with Crippen LogP contribution in [0.4, 0.5) is 22.7 Å². The van der Waals surface area contributed by atoms with Crippen LogP contribution >= 0.6 is 0 Å². The van der Waals surface area contributed by atoms with E-state index in [0.717, 1.165) is 12.1 Å². The van der Waals surface area contributed by atoms with Gasteiger partial charge in [0.2, 0.25) is 0 Å². The van der Waals surface area contributed by atoms with Gasteiger partial charge in [-0.15, -0.1) is 10.2 Å². The first kappa shape index (κ1) is 26.5. The number of fused-ring (bicyclic) bond motifs is 1. The van der Waals surface area contributed by atoms with Crippen LogP contribution in [0.5, 0.6) is 5.75 Å². The number of hydrogen-bond donors (Lipinski definition) is 4. The third kappa shape index (κ3) is 5.70. The van der Waals surface area contributed by atoms with E-state index in [4.69, 9.17) is 4.55 Å². The van der Waals surface area contributed by atoms with Gasteiger partial charge in [-0.1, -0.05) is 18.2 Å². The number of aromatic carboxylic acids is 1. The number of carbonyl (C=O) groups is 1. The first-order chi connectivity index (χ1) is 17.8. The molecule has 0 aromatic heterocycles. The molecule has 0 heterocycles. The SMILES string of the molecule is O=C(O)c1cc(/N=N/c2ccc(S(=O)(=O)O)cc2)ccc1/N=N/c1ccc2c(S(=O)(=O)O)cccc2c1O. The summed E-state index contributed by atoms with van der Waals surface area (Å²) in [5, 5.41) is 35.9. The molecule has 4 N–H and O–H groups in total. The Morgan fingerprint density at radius 3 is 1.89 bits per heavy atom. The Balaban J connectivity index is 1.64. The van der Waals surface area contributed by atoms with E-state index in [1.165, 1.54) is 60.7 Å². The molecule has 4 rings (SSSR count). The van der Waals surface area contributed by atoms with Crippen molar-refractivity contribution in [1.29, 1.82) is 0 Å². The molecule has 38 heavy (non-hydrogen) atoms. The molecule has 0 aliphatic heterocycles. The average Bonchev–Trinajstić information content (AvgIpc) is 2.86. The fourth-order valence-corrected chi connectivity index (χ4v) is 4.55. The Kier molecular flexibility index (Phi) is 7.01. The minimum absolute atomic E-state index is 0.0556. The van der Waals surface area contributed by atoms with Crippen molar-refractivity contribution in [1.82, 2.24) is 0 Å². The van der Waals surface area contributed by atoms with Crippen LogP contribution in [0.25, 0.3) is 10.8 Å². The van der Waals surface area contributed by atoms with Gasteiger partial charge < -0.3 is 10.2 Å². The van der Waals surface area contributed by atoms with Gasteiger partial charge in [0.1, 0.15) is 16.3 Å². The van der Waals surface area contributed by atoms with Gasteiger partial charge in [-0.05, 0) is 54.6 Å². The lowest BCUT2D eigenvalue weighted by Gasteiger charge is -2.07. The molecule has 194 valence electrons. The minimum Gasteiger partial charge on any atom is -0.505 e. The van der Waals surface area contributed by atoms with Crippen molar-refractivity contribution < 1.29 is 40.9 Å². The Labute approximate surface area is 214 Å². The summed E-state index contributed by atoms with van der Waals surface area (Å²) >= 11 is 0. The Bertz CT molecular complexity index is 1850. The molecule has 0 spiro atoms. The predicted octanol–water partition coefficient (Wildman–Crippen LogP) is 5.57. The summed E-state index contributed by atoms with van der Waals surface area (Å²) in [5.41, 5.74) is -0.0899. The van der Waals surface area contributed by atoms with E-state index in [-0.39, 0.29) is 44.0 Å². The van der Waals surface area contributed by atoms with E-state index in [2.05, 4.69) is 20.5 Å². The third-order valence-electron chi connectivity index (χ3n) is 5.14. The second kappa shape index (κ2) is 10.1. The van der Waals surface area contributed by atoms with Crippen LogP contribution in [0.2, 0.25) is 0 Å². The number of rotatable bonds is 7. The van der Waals surface area contributed by atoms with Crippen LogP contribution in [-0.2, 0) is 20.2 Å². The molecule has 0 saturated carbocycles. The highest BCUT2D eigenvalue weighted by molar-refractivity contribution is 7.86. The van der Waals surface area contributed by atoms with Crippen LogP contribution < -0.4 is 0 Å². The zero-order chi connectivity index (χ0) is 27.7. The number of benzene rings is 4. The molecule has 0 saturated heterocycles. The molecular weight excluding hydrogens is 540 g/mol. The number of nitrogens with zero attached hydrogens (tertiary/aromatic N) is 4.